The molecular formula is C22H22N4O2S. The smallest absolute Gasteiger partial charge is 0.260 e. The molecule has 1 fully saturated rings. The molecule has 0 saturated carbocycles. The number of aromatic nitrogens is 1. The van der Waals surface area contributed by atoms with Crippen LogP contribution < -0.4 is 4.90 Å². The predicted octanol–water partition coefficient (Wildman–Crippen LogP) is 3.54. The van der Waals surface area contributed by atoms with Crippen LogP contribution >= 0.6 is 11.3 Å². The monoisotopic (exact) mass is 406 g/mol. The second kappa shape index (κ2) is 9.14. The van der Waals surface area contributed by atoms with Crippen LogP contribution in [0, 0.1) is 11.3 Å². The van der Waals surface area contributed by atoms with Gasteiger partial charge in [0, 0.05) is 31.7 Å². The largest absolute Gasteiger partial charge is 0.379 e. The van der Waals surface area contributed by atoms with Gasteiger partial charge in [-0.25, -0.2) is 4.98 Å². The quantitative estimate of drug-likeness (QED) is 0.626. The van der Waals surface area contributed by atoms with Crippen molar-refractivity contribution in [2.45, 2.75) is 6.42 Å². The summed E-state index contributed by atoms with van der Waals surface area (Å²) in [5.41, 5.74) is 2.01. The Kier molecular flexibility index (Phi) is 6.15. The number of amides is 1. The summed E-state index contributed by atoms with van der Waals surface area (Å²) in [5.74, 6) is -0.0875. The Morgan fingerprint density at radius 1 is 1.17 bits per heavy atom. The molecule has 0 spiro atoms. The maximum absolute atomic E-state index is 13.3. The number of anilines is 1. The van der Waals surface area contributed by atoms with Gasteiger partial charge in [0.2, 0.25) is 0 Å². The summed E-state index contributed by atoms with van der Waals surface area (Å²) in [7, 11) is 0. The summed E-state index contributed by atoms with van der Waals surface area (Å²) < 4.78 is 6.47. The van der Waals surface area contributed by atoms with E-state index in [2.05, 4.69) is 11.0 Å². The van der Waals surface area contributed by atoms with E-state index in [9.17, 15) is 4.79 Å². The Labute approximate surface area is 173 Å². The minimum absolute atomic E-state index is 0.0875. The number of carbonyl (C=O) groups is 1. The van der Waals surface area contributed by atoms with Crippen LogP contribution in [0.15, 0.2) is 48.5 Å². The summed E-state index contributed by atoms with van der Waals surface area (Å²) in [6, 6.07) is 16.8. The van der Waals surface area contributed by atoms with Gasteiger partial charge in [0.1, 0.15) is 0 Å². The molecule has 2 aromatic carbocycles. The number of hydrogen-bond acceptors (Lipinski definition) is 6. The number of morpholine rings is 1. The standard InChI is InChI=1S/C22H22N4O2S/c23-16-17-6-8-18(9-7-17)21(27)26(11-3-10-25-12-14-28-15-13-25)22-24-19-4-1-2-5-20(19)29-22/h1-2,4-9H,3,10-15H2. The van der Waals surface area contributed by atoms with Crippen molar-refractivity contribution in [3.8, 4) is 6.07 Å². The van der Waals surface area contributed by atoms with Crippen molar-refractivity contribution in [1.29, 1.82) is 5.26 Å². The first-order valence-corrected chi connectivity index (χ1v) is 10.5. The molecule has 0 atom stereocenters. The van der Waals surface area contributed by atoms with Gasteiger partial charge in [0.05, 0.1) is 35.1 Å². The van der Waals surface area contributed by atoms with Crippen molar-refractivity contribution in [2.75, 3.05) is 44.3 Å². The normalized spacial score (nSPS) is 14.6. The van der Waals surface area contributed by atoms with E-state index in [-0.39, 0.29) is 5.91 Å². The highest BCUT2D eigenvalue weighted by Crippen LogP contribution is 2.29. The van der Waals surface area contributed by atoms with Gasteiger partial charge in [-0.05, 0) is 42.8 Å². The predicted molar refractivity (Wildman–Crippen MR) is 114 cm³/mol. The van der Waals surface area contributed by atoms with E-state index in [0.717, 1.165) is 49.5 Å². The van der Waals surface area contributed by atoms with E-state index in [4.69, 9.17) is 15.0 Å². The molecule has 0 bridgehead atoms. The molecule has 0 unspecified atom stereocenters. The third kappa shape index (κ3) is 4.62. The fraction of sp³-hybridized carbons (Fsp3) is 0.318. The number of thiazole rings is 1. The maximum Gasteiger partial charge on any atom is 0.260 e. The minimum atomic E-state index is -0.0875. The minimum Gasteiger partial charge on any atom is -0.379 e. The number of nitriles is 1. The Morgan fingerprint density at radius 2 is 1.93 bits per heavy atom. The zero-order valence-corrected chi connectivity index (χ0v) is 16.9. The molecule has 3 aromatic rings. The van der Waals surface area contributed by atoms with E-state index in [1.807, 2.05) is 24.3 Å². The average Bonchev–Trinajstić information content (AvgIpc) is 3.21. The van der Waals surface area contributed by atoms with Gasteiger partial charge in [0.15, 0.2) is 5.13 Å². The van der Waals surface area contributed by atoms with E-state index in [1.54, 1.807) is 29.2 Å². The molecule has 148 valence electrons. The second-order valence-electron chi connectivity index (χ2n) is 6.92. The van der Waals surface area contributed by atoms with Gasteiger partial charge in [-0.1, -0.05) is 23.5 Å². The summed E-state index contributed by atoms with van der Waals surface area (Å²) in [5, 5.41) is 9.72. The topological polar surface area (TPSA) is 69.5 Å². The lowest BCUT2D eigenvalue weighted by molar-refractivity contribution is 0.0376. The Hall–Kier alpha value is -2.79. The lowest BCUT2D eigenvalue weighted by Gasteiger charge is -2.27. The van der Waals surface area contributed by atoms with Crippen LogP contribution in [-0.2, 0) is 4.74 Å². The van der Waals surface area contributed by atoms with Gasteiger partial charge in [-0.3, -0.25) is 14.6 Å². The zero-order valence-electron chi connectivity index (χ0n) is 16.1. The van der Waals surface area contributed by atoms with Crippen LogP contribution in [0.4, 0.5) is 5.13 Å². The molecule has 1 saturated heterocycles. The third-order valence-electron chi connectivity index (χ3n) is 4.98. The van der Waals surface area contributed by atoms with Crippen LogP contribution in [0.3, 0.4) is 0 Å². The number of rotatable bonds is 6. The molecule has 6 nitrogen and oxygen atoms in total. The van der Waals surface area contributed by atoms with Crippen LogP contribution in [0.5, 0.6) is 0 Å². The first-order valence-electron chi connectivity index (χ1n) is 9.72. The highest BCUT2D eigenvalue weighted by molar-refractivity contribution is 7.22. The highest BCUT2D eigenvalue weighted by atomic mass is 32.1. The molecule has 29 heavy (non-hydrogen) atoms. The summed E-state index contributed by atoms with van der Waals surface area (Å²) in [6.45, 7) is 4.92. The molecule has 1 amide bonds. The lowest BCUT2D eigenvalue weighted by Crippen LogP contribution is -2.39. The van der Waals surface area contributed by atoms with E-state index in [0.29, 0.717) is 22.8 Å². The molecule has 0 N–H and O–H groups in total. The van der Waals surface area contributed by atoms with Crippen molar-refractivity contribution >= 4 is 32.6 Å². The molecule has 7 heteroatoms. The number of ether oxygens (including phenoxy) is 1. The SMILES string of the molecule is N#Cc1ccc(C(=O)N(CCCN2CCOCC2)c2nc3ccccc3s2)cc1. The number of nitrogens with zero attached hydrogens (tertiary/aromatic N) is 4. The molecule has 1 aliphatic rings. The number of carbonyl (C=O) groups excluding carboxylic acids is 1. The average molecular weight is 407 g/mol. The van der Waals surface area contributed by atoms with Crippen LogP contribution in [0.25, 0.3) is 10.2 Å². The third-order valence-corrected chi connectivity index (χ3v) is 6.04. The van der Waals surface area contributed by atoms with Crippen molar-refractivity contribution < 1.29 is 9.53 Å². The van der Waals surface area contributed by atoms with E-state index < -0.39 is 0 Å². The number of fused-ring (bicyclic) bond motifs is 1. The number of para-hydroxylation sites is 1. The summed E-state index contributed by atoms with van der Waals surface area (Å²) >= 11 is 1.53. The van der Waals surface area contributed by atoms with E-state index in [1.165, 1.54) is 11.3 Å². The number of benzene rings is 2. The highest BCUT2D eigenvalue weighted by Gasteiger charge is 2.22. The number of hydrogen-bond donors (Lipinski definition) is 0. The van der Waals surface area contributed by atoms with Crippen molar-refractivity contribution in [2.24, 2.45) is 0 Å². The van der Waals surface area contributed by atoms with Crippen LogP contribution in [-0.4, -0.2) is 55.2 Å². The van der Waals surface area contributed by atoms with Gasteiger partial charge in [0.25, 0.3) is 5.91 Å². The van der Waals surface area contributed by atoms with Crippen molar-refractivity contribution in [3.63, 3.8) is 0 Å². The Bertz CT molecular complexity index is 986. The Morgan fingerprint density at radius 3 is 2.66 bits per heavy atom. The van der Waals surface area contributed by atoms with Gasteiger partial charge in [-0.2, -0.15) is 5.26 Å². The Balaban J connectivity index is 1.55. The van der Waals surface area contributed by atoms with Crippen LogP contribution in [0.1, 0.15) is 22.3 Å². The maximum atomic E-state index is 13.3. The van der Waals surface area contributed by atoms with Gasteiger partial charge >= 0.3 is 0 Å². The fourth-order valence-electron chi connectivity index (χ4n) is 3.38. The van der Waals surface area contributed by atoms with Crippen molar-refractivity contribution in [1.82, 2.24) is 9.88 Å². The first-order chi connectivity index (χ1) is 14.2. The van der Waals surface area contributed by atoms with Crippen molar-refractivity contribution in [3.05, 3.63) is 59.7 Å². The summed E-state index contributed by atoms with van der Waals surface area (Å²) in [6.07, 6.45) is 0.859. The molecule has 4 rings (SSSR count). The summed E-state index contributed by atoms with van der Waals surface area (Å²) in [4.78, 5) is 22.1. The van der Waals surface area contributed by atoms with Gasteiger partial charge in [-0.15, -0.1) is 0 Å². The van der Waals surface area contributed by atoms with E-state index >= 15 is 0 Å². The molecule has 1 aromatic heterocycles. The molecule has 0 radical (unpaired) electrons. The first kappa shape index (κ1) is 19.5. The van der Waals surface area contributed by atoms with Crippen LogP contribution in [0.2, 0.25) is 0 Å². The van der Waals surface area contributed by atoms with Gasteiger partial charge < -0.3 is 4.74 Å². The molecule has 0 aliphatic carbocycles. The molecule has 2 heterocycles. The molecular weight excluding hydrogens is 384 g/mol. The second-order valence-corrected chi connectivity index (χ2v) is 7.93. The molecule has 1 aliphatic heterocycles. The fourth-order valence-corrected chi connectivity index (χ4v) is 4.37. The zero-order chi connectivity index (χ0) is 20.1. The lowest BCUT2D eigenvalue weighted by atomic mass is 10.1.